The predicted molar refractivity (Wildman–Crippen MR) is 76.8 cm³/mol. The number of carbonyl (C=O) groups excluding carboxylic acids is 1. The molecule has 0 unspecified atom stereocenters. The Labute approximate surface area is 124 Å². The minimum atomic E-state index is -5.60. The third kappa shape index (κ3) is 3.39. The molecule has 0 saturated carbocycles. The SMILES string of the molecule is O=C(Nc1ccc(C(F)(F)P(=O)(O)O)cc1)c1ccccc1. The van der Waals surface area contributed by atoms with Gasteiger partial charge in [-0.05, 0) is 24.3 Å². The molecule has 8 heteroatoms. The molecular formula is C14H12F2NO4P. The maximum absolute atomic E-state index is 13.5. The molecule has 0 saturated heterocycles. The van der Waals surface area contributed by atoms with E-state index in [4.69, 9.17) is 9.79 Å². The number of anilines is 1. The number of alkyl halides is 2. The molecule has 0 spiro atoms. The van der Waals surface area contributed by atoms with Crippen LogP contribution in [0.25, 0.3) is 0 Å². The Kier molecular flexibility index (Phi) is 4.42. The third-order valence-electron chi connectivity index (χ3n) is 2.89. The van der Waals surface area contributed by atoms with Gasteiger partial charge < -0.3 is 15.1 Å². The van der Waals surface area contributed by atoms with Crippen LogP contribution in [0.5, 0.6) is 0 Å². The summed E-state index contributed by atoms with van der Waals surface area (Å²) in [5, 5.41) is 2.50. The number of nitrogens with one attached hydrogen (secondary N) is 1. The maximum atomic E-state index is 13.5. The van der Waals surface area contributed by atoms with Crippen molar-refractivity contribution in [1.29, 1.82) is 0 Å². The van der Waals surface area contributed by atoms with Gasteiger partial charge in [0.2, 0.25) is 0 Å². The van der Waals surface area contributed by atoms with Gasteiger partial charge in [-0.2, -0.15) is 8.78 Å². The lowest BCUT2D eigenvalue weighted by Gasteiger charge is -2.18. The number of carbonyl (C=O) groups is 1. The van der Waals surface area contributed by atoms with Gasteiger partial charge in [0.15, 0.2) is 0 Å². The summed E-state index contributed by atoms with van der Waals surface area (Å²) in [6.07, 6.45) is 0. The van der Waals surface area contributed by atoms with Crippen LogP contribution in [0.2, 0.25) is 0 Å². The van der Waals surface area contributed by atoms with Gasteiger partial charge in [-0.25, -0.2) is 0 Å². The average Bonchev–Trinajstić information content (AvgIpc) is 2.47. The van der Waals surface area contributed by atoms with E-state index in [0.29, 0.717) is 5.56 Å². The van der Waals surface area contributed by atoms with Crippen molar-refractivity contribution in [2.75, 3.05) is 5.32 Å². The van der Waals surface area contributed by atoms with Gasteiger partial charge in [0.1, 0.15) is 0 Å². The van der Waals surface area contributed by atoms with E-state index in [2.05, 4.69) is 5.32 Å². The molecule has 2 rings (SSSR count). The van der Waals surface area contributed by atoms with Gasteiger partial charge in [0.25, 0.3) is 5.91 Å². The van der Waals surface area contributed by atoms with Gasteiger partial charge in [0, 0.05) is 16.8 Å². The molecule has 0 aliphatic rings. The lowest BCUT2D eigenvalue weighted by molar-refractivity contribution is 0.0564. The van der Waals surface area contributed by atoms with E-state index in [1.54, 1.807) is 30.3 Å². The molecule has 0 aromatic heterocycles. The molecule has 5 nitrogen and oxygen atoms in total. The Bertz CT molecular complexity index is 713. The lowest BCUT2D eigenvalue weighted by Crippen LogP contribution is -2.14. The van der Waals surface area contributed by atoms with Crippen LogP contribution in [-0.4, -0.2) is 15.7 Å². The van der Waals surface area contributed by atoms with E-state index in [0.717, 1.165) is 24.3 Å². The Morgan fingerprint density at radius 2 is 1.55 bits per heavy atom. The van der Waals surface area contributed by atoms with Crippen molar-refractivity contribution in [3.63, 3.8) is 0 Å². The molecule has 0 aliphatic heterocycles. The van der Waals surface area contributed by atoms with Crippen LogP contribution in [0.4, 0.5) is 14.5 Å². The zero-order valence-corrected chi connectivity index (χ0v) is 12.0. The van der Waals surface area contributed by atoms with Crippen molar-refractivity contribution in [2.45, 2.75) is 5.66 Å². The summed E-state index contributed by atoms with van der Waals surface area (Å²) in [4.78, 5) is 29.2. The van der Waals surface area contributed by atoms with Crippen LogP contribution in [0.1, 0.15) is 15.9 Å². The van der Waals surface area contributed by atoms with Gasteiger partial charge in [-0.3, -0.25) is 9.36 Å². The molecule has 0 atom stereocenters. The van der Waals surface area contributed by atoms with Crippen molar-refractivity contribution in [2.24, 2.45) is 0 Å². The van der Waals surface area contributed by atoms with E-state index in [1.807, 2.05) is 0 Å². The molecule has 0 aliphatic carbocycles. The summed E-state index contributed by atoms with van der Waals surface area (Å²) in [5.74, 6) is -0.421. The van der Waals surface area contributed by atoms with Crippen molar-refractivity contribution in [3.8, 4) is 0 Å². The monoisotopic (exact) mass is 327 g/mol. The largest absolute Gasteiger partial charge is 0.399 e. The maximum Gasteiger partial charge on any atom is 0.399 e. The number of rotatable bonds is 4. The van der Waals surface area contributed by atoms with E-state index in [-0.39, 0.29) is 5.69 Å². The van der Waals surface area contributed by atoms with E-state index in [9.17, 15) is 18.1 Å². The number of halogens is 2. The fourth-order valence-corrected chi connectivity index (χ4v) is 2.20. The van der Waals surface area contributed by atoms with Gasteiger partial charge in [0.05, 0.1) is 0 Å². The zero-order valence-electron chi connectivity index (χ0n) is 11.1. The topological polar surface area (TPSA) is 86.6 Å². The quantitative estimate of drug-likeness (QED) is 0.753. The van der Waals surface area contributed by atoms with E-state index < -0.39 is 24.7 Å². The Morgan fingerprint density at radius 3 is 2.05 bits per heavy atom. The second-order valence-corrected chi connectivity index (χ2v) is 6.13. The average molecular weight is 327 g/mol. The van der Waals surface area contributed by atoms with Crippen LogP contribution < -0.4 is 5.32 Å². The first-order valence-corrected chi connectivity index (χ1v) is 7.73. The summed E-state index contributed by atoms with van der Waals surface area (Å²) in [7, 11) is -5.60. The number of hydrogen-bond donors (Lipinski definition) is 3. The molecule has 2 aromatic carbocycles. The number of hydrogen-bond acceptors (Lipinski definition) is 2. The smallest absolute Gasteiger partial charge is 0.322 e. The van der Waals surface area contributed by atoms with Crippen molar-refractivity contribution >= 4 is 19.2 Å². The normalized spacial score (nSPS) is 12.0. The van der Waals surface area contributed by atoms with Gasteiger partial charge in [-0.1, -0.05) is 30.3 Å². The second kappa shape index (κ2) is 5.96. The first kappa shape index (κ1) is 16.3. The molecule has 1 amide bonds. The highest BCUT2D eigenvalue weighted by molar-refractivity contribution is 7.52. The third-order valence-corrected chi connectivity index (χ3v) is 3.88. The molecule has 0 heterocycles. The van der Waals surface area contributed by atoms with Crippen LogP contribution in [0.15, 0.2) is 54.6 Å². The molecular weight excluding hydrogens is 315 g/mol. The highest BCUT2D eigenvalue weighted by Gasteiger charge is 2.50. The van der Waals surface area contributed by atoms with Gasteiger partial charge >= 0.3 is 13.3 Å². The van der Waals surface area contributed by atoms with E-state index >= 15 is 0 Å². The van der Waals surface area contributed by atoms with Gasteiger partial charge in [-0.15, -0.1) is 0 Å². The van der Waals surface area contributed by atoms with Crippen LogP contribution in [0, 0.1) is 0 Å². The summed E-state index contributed by atoms with van der Waals surface area (Å²) >= 11 is 0. The summed E-state index contributed by atoms with van der Waals surface area (Å²) in [5.41, 5.74) is -4.46. The minimum absolute atomic E-state index is 0.235. The van der Waals surface area contributed by atoms with Crippen LogP contribution >= 0.6 is 7.60 Å². The molecule has 0 radical (unpaired) electrons. The lowest BCUT2D eigenvalue weighted by atomic mass is 10.2. The van der Waals surface area contributed by atoms with Crippen LogP contribution in [-0.2, 0) is 10.2 Å². The molecule has 0 bridgehead atoms. The Morgan fingerprint density at radius 1 is 1.00 bits per heavy atom. The first-order valence-electron chi connectivity index (χ1n) is 6.12. The fourth-order valence-electron chi connectivity index (χ4n) is 1.72. The fraction of sp³-hybridized carbons (Fsp3) is 0.0714. The highest BCUT2D eigenvalue weighted by atomic mass is 31.2. The molecule has 2 aromatic rings. The summed E-state index contributed by atoms with van der Waals surface area (Å²) in [6.45, 7) is 0. The molecule has 22 heavy (non-hydrogen) atoms. The number of amides is 1. The first-order chi connectivity index (χ1) is 10.2. The molecule has 3 N–H and O–H groups in total. The highest BCUT2D eigenvalue weighted by Crippen LogP contribution is 2.59. The predicted octanol–water partition coefficient (Wildman–Crippen LogP) is 3.17. The second-order valence-electron chi connectivity index (χ2n) is 4.48. The Balaban J connectivity index is 2.17. The zero-order chi connectivity index (χ0) is 16.4. The number of benzene rings is 2. The van der Waals surface area contributed by atoms with Crippen LogP contribution in [0.3, 0.4) is 0 Å². The van der Waals surface area contributed by atoms with E-state index in [1.165, 1.54) is 0 Å². The molecule has 0 fully saturated rings. The summed E-state index contributed by atoms with van der Waals surface area (Å²) in [6, 6.07) is 12.3. The van der Waals surface area contributed by atoms with Crippen molar-refractivity contribution in [3.05, 3.63) is 65.7 Å². The molecule has 116 valence electrons. The van der Waals surface area contributed by atoms with Crippen molar-refractivity contribution in [1.82, 2.24) is 0 Å². The minimum Gasteiger partial charge on any atom is -0.322 e. The standard InChI is InChI=1S/C14H12F2NO4P/c15-14(16,22(19,20)21)11-6-8-12(9-7-11)17-13(18)10-4-2-1-3-5-10/h1-9H,(H,17,18)(H2,19,20,21). The summed E-state index contributed by atoms with van der Waals surface area (Å²) < 4.78 is 37.7. The Hall–Kier alpha value is -2.08. The van der Waals surface area contributed by atoms with Crippen molar-refractivity contribution < 1.29 is 27.9 Å².